The molecule has 0 saturated carbocycles. The zero-order valence-corrected chi connectivity index (χ0v) is 20.0. The van der Waals surface area contributed by atoms with Gasteiger partial charge in [0.25, 0.3) is 11.8 Å². The number of nitrogens with one attached hydrogen (secondary N) is 2. The Morgan fingerprint density at radius 2 is 1.97 bits per heavy atom. The number of hydrazone groups is 1. The van der Waals surface area contributed by atoms with Gasteiger partial charge in [0.15, 0.2) is 11.5 Å². The first-order valence-corrected chi connectivity index (χ1v) is 10.9. The number of amides is 2. The van der Waals surface area contributed by atoms with Crippen molar-refractivity contribution in [1.82, 2.24) is 10.7 Å². The van der Waals surface area contributed by atoms with E-state index < -0.39 is 17.9 Å². The van der Waals surface area contributed by atoms with Crippen molar-refractivity contribution in [3.05, 3.63) is 57.6 Å². The first-order valence-electron chi connectivity index (χ1n) is 10.2. The highest BCUT2D eigenvalue weighted by molar-refractivity contribution is 6.32. The fourth-order valence-corrected chi connectivity index (χ4v) is 3.27. The highest BCUT2D eigenvalue weighted by Gasteiger charge is 2.24. The van der Waals surface area contributed by atoms with E-state index in [1.165, 1.54) is 12.3 Å². The van der Waals surface area contributed by atoms with Crippen molar-refractivity contribution in [3.8, 4) is 23.8 Å². The van der Waals surface area contributed by atoms with Crippen molar-refractivity contribution in [2.24, 2.45) is 11.0 Å². The Hall–Kier alpha value is -3.21. The molecule has 2 rings (SSSR count). The van der Waals surface area contributed by atoms with Crippen molar-refractivity contribution in [2.45, 2.75) is 26.8 Å². The lowest BCUT2D eigenvalue weighted by atomic mass is 10.0. The van der Waals surface area contributed by atoms with E-state index in [-0.39, 0.29) is 17.5 Å². The summed E-state index contributed by atoms with van der Waals surface area (Å²) < 4.78 is 11.0. The summed E-state index contributed by atoms with van der Waals surface area (Å²) in [5.41, 5.74) is 3.38. The highest BCUT2D eigenvalue weighted by atomic mass is 35.5. The third kappa shape index (κ3) is 7.70. The molecular formula is C24H25Cl2N3O4. The number of halogens is 2. The van der Waals surface area contributed by atoms with Crippen LogP contribution in [0.4, 0.5) is 0 Å². The maximum absolute atomic E-state index is 12.7. The number of hydrogen-bond acceptors (Lipinski definition) is 5. The first kappa shape index (κ1) is 26.0. The van der Waals surface area contributed by atoms with Gasteiger partial charge >= 0.3 is 0 Å². The molecule has 0 aliphatic heterocycles. The van der Waals surface area contributed by atoms with Gasteiger partial charge < -0.3 is 14.8 Å². The van der Waals surface area contributed by atoms with E-state index in [1.807, 2.05) is 20.8 Å². The van der Waals surface area contributed by atoms with E-state index in [1.54, 1.807) is 30.3 Å². The Labute approximate surface area is 203 Å². The molecule has 2 aromatic carbocycles. The standard InChI is InChI=1S/C24H25Cl2N3O4/c1-5-10-33-22-19(26)11-16(12-20(22)32-6-2)14-27-29-24(31)21(15(3)4)28-23(30)17-8-7-9-18(25)13-17/h1,7-9,11-15,21H,6,10H2,2-4H3,(H,28,30)(H,29,31). The smallest absolute Gasteiger partial charge is 0.262 e. The number of carbonyl (C=O) groups excluding carboxylic acids is 2. The first-order chi connectivity index (χ1) is 15.8. The lowest BCUT2D eigenvalue weighted by Gasteiger charge is -2.20. The Morgan fingerprint density at radius 1 is 1.21 bits per heavy atom. The molecule has 1 atom stereocenters. The molecular weight excluding hydrogens is 465 g/mol. The molecule has 0 fully saturated rings. The van der Waals surface area contributed by atoms with Crippen LogP contribution in [0.3, 0.4) is 0 Å². The van der Waals surface area contributed by atoms with Gasteiger partial charge in [-0.15, -0.1) is 6.42 Å². The summed E-state index contributed by atoms with van der Waals surface area (Å²) in [6, 6.07) is 8.93. The van der Waals surface area contributed by atoms with E-state index in [2.05, 4.69) is 21.8 Å². The van der Waals surface area contributed by atoms with Crippen LogP contribution < -0.4 is 20.2 Å². The molecule has 2 amide bonds. The van der Waals surface area contributed by atoms with Crippen LogP contribution in [0.2, 0.25) is 10.0 Å². The molecule has 9 heteroatoms. The molecule has 0 aromatic heterocycles. The minimum Gasteiger partial charge on any atom is -0.490 e. The predicted octanol–water partition coefficient (Wildman–Crippen LogP) is 4.31. The third-order valence-corrected chi connectivity index (χ3v) is 4.86. The number of rotatable bonds is 10. The molecule has 33 heavy (non-hydrogen) atoms. The SMILES string of the molecule is C#CCOc1c(Cl)cc(C=NNC(=O)C(NC(=O)c2cccc(Cl)c2)C(C)C)cc1OCC. The lowest BCUT2D eigenvalue weighted by molar-refractivity contribution is -0.123. The zero-order chi connectivity index (χ0) is 24.4. The number of carbonyl (C=O) groups is 2. The van der Waals surface area contributed by atoms with Gasteiger partial charge in [-0.2, -0.15) is 5.10 Å². The monoisotopic (exact) mass is 489 g/mol. The van der Waals surface area contributed by atoms with Gasteiger partial charge in [-0.1, -0.05) is 49.0 Å². The van der Waals surface area contributed by atoms with Crippen LogP contribution in [0.5, 0.6) is 11.5 Å². The molecule has 0 spiro atoms. The normalized spacial score (nSPS) is 11.7. The number of nitrogens with zero attached hydrogens (tertiary/aromatic N) is 1. The quantitative estimate of drug-likeness (QED) is 0.295. The fourth-order valence-electron chi connectivity index (χ4n) is 2.81. The molecule has 2 aromatic rings. The summed E-state index contributed by atoms with van der Waals surface area (Å²) in [5, 5.41) is 7.42. The van der Waals surface area contributed by atoms with Gasteiger partial charge in [-0.05, 0) is 48.7 Å². The van der Waals surface area contributed by atoms with Crippen molar-refractivity contribution in [3.63, 3.8) is 0 Å². The van der Waals surface area contributed by atoms with E-state index in [0.29, 0.717) is 34.3 Å². The van der Waals surface area contributed by atoms with Crippen molar-refractivity contribution >= 4 is 41.2 Å². The Bertz CT molecular complexity index is 1060. The van der Waals surface area contributed by atoms with Crippen LogP contribution in [0, 0.1) is 18.3 Å². The van der Waals surface area contributed by atoms with Crippen molar-refractivity contribution < 1.29 is 19.1 Å². The van der Waals surface area contributed by atoms with Gasteiger partial charge in [0.1, 0.15) is 12.6 Å². The van der Waals surface area contributed by atoms with Gasteiger partial charge in [0.05, 0.1) is 17.8 Å². The molecule has 0 heterocycles. The molecule has 0 aliphatic carbocycles. The number of benzene rings is 2. The molecule has 0 radical (unpaired) electrons. The summed E-state index contributed by atoms with van der Waals surface area (Å²) in [7, 11) is 0. The lowest BCUT2D eigenvalue weighted by Crippen LogP contribution is -2.48. The maximum atomic E-state index is 12.7. The van der Waals surface area contributed by atoms with Gasteiger partial charge in [-0.25, -0.2) is 5.43 Å². The van der Waals surface area contributed by atoms with Crippen molar-refractivity contribution in [1.29, 1.82) is 0 Å². The zero-order valence-electron chi connectivity index (χ0n) is 18.5. The average molecular weight is 490 g/mol. The second-order valence-electron chi connectivity index (χ2n) is 7.20. The van der Waals surface area contributed by atoms with Crippen LogP contribution >= 0.6 is 23.2 Å². The van der Waals surface area contributed by atoms with E-state index in [9.17, 15) is 9.59 Å². The Balaban J connectivity index is 2.11. The topological polar surface area (TPSA) is 89.0 Å². The summed E-state index contributed by atoms with van der Waals surface area (Å²) in [6.07, 6.45) is 6.65. The largest absolute Gasteiger partial charge is 0.490 e. The van der Waals surface area contributed by atoms with Crippen LogP contribution in [-0.2, 0) is 4.79 Å². The highest BCUT2D eigenvalue weighted by Crippen LogP contribution is 2.36. The maximum Gasteiger partial charge on any atom is 0.262 e. The van der Waals surface area contributed by atoms with Gasteiger partial charge in [0, 0.05) is 10.6 Å². The molecule has 0 saturated heterocycles. The summed E-state index contributed by atoms with van der Waals surface area (Å²) in [6.45, 7) is 5.89. The van der Waals surface area contributed by atoms with E-state index in [0.717, 1.165) is 0 Å². The number of terminal acetylenes is 1. The molecule has 1 unspecified atom stereocenters. The van der Waals surface area contributed by atoms with E-state index in [4.69, 9.17) is 39.1 Å². The third-order valence-electron chi connectivity index (χ3n) is 4.34. The minimum atomic E-state index is -0.809. The summed E-state index contributed by atoms with van der Waals surface area (Å²) >= 11 is 12.2. The van der Waals surface area contributed by atoms with Crippen molar-refractivity contribution in [2.75, 3.05) is 13.2 Å². The molecule has 174 valence electrons. The van der Waals surface area contributed by atoms with Crippen LogP contribution in [0.15, 0.2) is 41.5 Å². The Kier molecular flexibility index (Phi) is 10.0. The molecule has 0 aliphatic rings. The van der Waals surface area contributed by atoms with E-state index >= 15 is 0 Å². The van der Waals surface area contributed by atoms with Crippen LogP contribution in [-0.4, -0.2) is 37.3 Å². The van der Waals surface area contributed by atoms with Gasteiger partial charge in [0.2, 0.25) is 0 Å². The fraction of sp³-hybridized carbons (Fsp3) is 0.292. The molecule has 7 nitrogen and oxygen atoms in total. The van der Waals surface area contributed by atoms with Crippen LogP contribution in [0.25, 0.3) is 0 Å². The second kappa shape index (κ2) is 12.7. The molecule has 2 N–H and O–H groups in total. The number of hydrogen-bond donors (Lipinski definition) is 2. The summed E-state index contributed by atoms with van der Waals surface area (Å²) in [5.74, 6) is 2.05. The Morgan fingerprint density at radius 3 is 2.61 bits per heavy atom. The number of ether oxygens (including phenoxy) is 2. The molecule has 0 bridgehead atoms. The summed E-state index contributed by atoms with van der Waals surface area (Å²) in [4.78, 5) is 25.2. The second-order valence-corrected chi connectivity index (χ2v) is 8.04. The predicted molar refractivity (Wildman–Crippen MR) is 130 cm³/mol. The van der Waals surface area contributed by atoms with Gasteiger partial charge in [-0.3, -0.25) is 9.59 Å². The average Bonchev–Trinajstić information content (AvgIpc) is 2.76. The minimum absolute atomic E-state index is 0.0424. The van der Waals surface area contributed by atoms with Crippen LogP contribution in [0.1, 0.15) is 36.7 Å².